The number of likely N-dealkylation sites (N-methyl/N-ethyl adjacent to an activating group) is 1. The van der Waals surface area contributed by atoms with E-state index in [9.17, 15) is 4.39 Å². The second kappa shape index (κ2) is 12.0. The van der Waals surface area contributed by atoms with E-state index in [0.717, 1.165) is 76.7 Å². The van der Waals surface area contributed by atoms with Crippen molar-refractivity contribution in [1.29, 1.82) is 0 Å². The van der Waals surface area contributed by atoms with Gasteiger partial charge >= 0.3 is 0 Å². The number of ether oxygens (including phenoxy) is 1. The Hall–Kier alpha value is -1.13. The minimum absolute atomic E-state index is 0. The summed E-state index contributed by atoms with van der Waals surface area (Å²) in [5.74, 6) is 0.719. The van der Waals surface area contributed by atoms with Gasteiger partial charge < -0.3 is 25.2 Å². The van der Waals surface area contributed by atoms with Gasteiger partial charge in [0.25, 0.3) is 0 Å². The summed E-state index contributed by atoms with van der Waals surface area (Å²) in [4.78, 5) is 9.51. The molecular formula is C22H37FIN5O. The zero-order valence-electron chi connectivity index (χ0n) is 18.5. The van der Waals surface area contributed by atoms with Crippen LogP contribution in [0.5, 0.6) is 0 Å². The van der Waals surface area contributed by atoms with Crippen LogP contribution in [0.3, 0.4) is 0 Å². The lowest BCUT2D eigenvalue weighted by Crippen LogP contribution is -2.53. The van der Waals surface area contributed by atoms with Crippen molar-refractivity contribution in [3.05, 3.63) is 30.1 Å². The van der Waals surface area contributed by atoms with Crippen LogP contribution in [0.15, 0.2) is 29.3 Å². The molecule has 0 unspecified atom stereocenters. The predicted molar refractivity (Wildman–Crippen MR) is 133 cm³/mol. The van der Waals surface area contributed by atoms with Crippen molar-refractivity contribution >= 4 is 35.6 Å². The molecule has 3 rings (SSSR count). The summed E-state index contributed by atoms with van der Waals surface area (Å²) in [6.45, 7) is 7.14. The molecule has 0 atom stereocenters. The number of rotatable bonds is 6. The van der Waals surface area contributed by atoms with E-state index in [-0.39, 0.29) is 35.3 Å². The average molecular weight is 533 g/mol. The first-order valence-corrected chi connectivity index (χ1v) is 10.8. The lowest BCUT2D eigenvalue weighted by molar-refractivity contribution is -0.00255. The fourth-order valence-corrected chi connectivity index (χ4v) is 4.19. The number of piperidine rings is 1. The van der Waals surface area contributed by atoms with Gasteiger partial charge in [0.05, 0.1) is 6.54 Å². The molecule has 0 amide bonds. The summed E-state index contributed by atoms with van der Waals surface area (Å²) < 4.78 is 19.1. The smallest absolute Gasteiger partial charge is 0.191 e. The molecule has 6 nitrogen and oxygen atoms in total. The summed E-state index contributed by atoms with van der Waals surface area (Å²) in [5, 5.41) is 7.03. The average Bonchev–Trinajstić information content (AvgIpc) is 2.73. The van der Waals surface area contributed by atoms with Crippen LogP contribution in [0.25, 0.3) is 0 Å². The van der Waals surface area contributed by atoms with Crippen LogP contribution < -0.4 is 15.5 Å². The number of aliphatic imine (C=N–C) groups is 1. The molecule has 1 aromatic rings. The number of halogens is 2. The molecular weight excluding hydrogens is 496 g/mol. The maximum atomic E-state index is 13.5. The highest BCUT2D eigenvalue weighted by Gasteiger charge is 2.34. The number of hydrogen-bond acceptors (Lipinski definition) is 4. The number of anilines is 1. The van der Waals surface area contributed by atoms with Crippen LogP contribution in [0, 0.1) is 5.82 Å². The molecule has 2 saturated heterocycles. The summed E-state index contributed by atoms with van der Waals surface area (Å²) in [7, 11) is 4.28. The lowest BCUT2D eigenvalue weighted by Gasteiger charge is -2.42. The Morgan fingerprint density at radius 2 is 1.97 bits per heavy atom. The molecule has 0 spiro atoms. The van der Waals surface area contributed by atoms with Gasteiger partial charge in [-0.2, -0.15) is 0 Å². The molecule has 0 aliphatic carbocycles. The van der Waals surface area contributed by atoms with Crippen LogP contribution in [0.1, 0.15) is 32.6 Å². The van der Waals surface area contributed by atoms with E-state index in [1.807, 2.05) is 6.07 Å². The van der Waals surface area contributed by atoms with Crippen molar-refractivity contribution in [3.8, 4) is 0 Å². The van der Waals surface area contributed by atoms with E-state index >= 15 is 0 Å². The van der Waals surface area contributed by atoms with E-state index in [2.05, 4.69) is 41.5 Å². The van der Waals surface area contributed by atoms with Crippen LogP contribution in [-0.4, -0.2) is 75.9 Å². The number of nitrogens with zero attached hydrogens (tertiary/aromatic N) is 3. The second-order valence-electron chi connectivity index (χ2n) is 8.31. The molecule has 0 radical (unpaired) electrons. The minimum Gasteiger partial charge on any atom is -0.381 e. The molecule has 1 aromatic carbocycles. The SMILES string of the molecule is CCNC(=NCC1(N(C)C)CCOCC1)NC1CCN(c2cccc(F)c2)CC1.I. The molecule has 2 N–H and O–H groups in total. The number of benzene rings is 1. The van der Waals surface area contributed by atoms with Crippen molar-refractivity contribution in [2.45, 2.75) is 44.2 Å². The predicted octanol–water partition coefficient (Wildman–Crippen LogP) is 3.08. The van der Waals surface area contributed by atoms with Crippen molar-refractivity contribution in [2.24, 2.45) is 4.99 Å². The molecule has 2 aliphatic heterocycles. The zero-order valence-corrected chi connectivity index (χ0v) is 20.8. The quantitative estimate of drug-likeness (QED) is 0.335. The van der Waals surface area contributed by atoms with E-state index in [0.29, 0.717) is 6.04 Å². The van der Waals surface area contributed by atoms with E-state index in [4.69, 9.17) is 9.73 Å². The molecule has 0 saturated carbocycles. The topological polar surface area (TPSA) is 52.1 Å². The first kappa shape index (κ1) is 25.1. The Labute approximate surface area is 197 Å². The normalized spacial score (nSPS) is 20.0. The molecule has 170 valence electrons. The molecule has 8 heteroatoms. The van der Waals surface area contributed by atoms with Crippen molar-refractivity contribution in [3.63, 3.8) is 0 Å². The molecule has 2 aliphatic rings. The number of hydrogen-bond donors (Lipinski definition) is 2. The summed E-state index contributed by atoms with van der Waals surface area (Å²) in [6.07, 6.45) is 4.03. The Balaban J connectivity index is 0.00000320. The summed E-state index contributed by atoms with van der Waals surface area (Å²) in [6, 6.07) is 7.25. The van der Waals surface area contributed by atoms with Gasteiger partial charge in [0, 0.05) is 50.1 Å². The lowest BCUT2D eigenvalue weighted by atomic mass is 9.89. The Bertz CT molecular complexity index is 673. The van der Waals surface area contributed by atoms with Crippen LogP contribution >= 0.6 is 24.0 Å². The van der Waals surface area contributed by atoms with Crippen LogP contribution in [0.4, 0.5) is 10.1 Å². The fraction of sp³-hybridized carbons (Fsp3) is 0.682. The van der Waals surface area contributed by atoms with Crippen molar-refractivity contribution in [2.75, 3.05) is 58.4 Å². The Morgan fingerprint density at radius 1 is 1.27 bits per heavy atom. The number of nitrogens with one attached hydrogen (secondary N) is 2. The standard InChI is InChI=1S/C22H36FN5O.HI/c1-4-24-21(25-17-22(27(2)3)10-14-29-15-11-22)26-19-8-12-28(13-9-19)20-7-5-6-18(23)16-20;/h5-7,16,19H,4,8-15,17H2,1-3H3,(H2,24,25,26);1H. The first-order valence-electron chi connectivity index (χ1n) is 10.8. The Kier molecular flexibility index (Phi) is 10.1. The number of guanidine groups is 1. The van der Waals surface area contributed by atoms with Crippen LogP contribution in [0.2, 0.25) is 0 Å². The third-order valence-corrected chi connectivity index (χ3v) is 6.26. The van der Waals surface area contributed by atoms with E-state index in [1.165, 1.54) is 6.07 Å². The molecule has 2 fully saturated rings. The minimum atomic E-state index is -0.174. The Morgan fingerprint density at radius 3 is 2.57 bits per heavy atom. The third kappa shape index (κ3) is 6.68. The molecule has 30 heavy (non-hydrogen) atoms. The third-order valence-electron chi connectivity index (χ3n) is 6.26. The maximum Gasteiger partial charge on any atom is 0.191 e. The van der Waals surface area contributed by atoms with Gasteiger partial charge in [0.15, 0.2) is 5.96 Å². The van der Waals surface area contributed by atoms with Gasteiger partial charge in [-0.1, -0.05) is 6.07 Å². The van der Waals surface area contributed by atoms with Gasteiger partial charge in [-0.3, -0.25) is 4.99 Å². The van der Waals surface area contributed by atoms with E-state index < -0.39 is 0 Å². The molecule has 0 aromatic heterocycles. The highest BCUT2D eigenvalue weighted by Crippen LogP contribution is 2.26. The second-order valence-corrected chi connectivity index (χ2v) is 8.31. The monoisotopic (exact) mass is 533 g/mol. The van der Waals surface area contributed by atoms with Gasteiger partial charge in [0.2, 0.25) is 0 Å². The highest BCUT2D eigenvalue weighted by molar-refractivity contribution is 14.0. The van der Waals surface area contributed by atoms with Gasteiger partial charge in [-0.15, -0.1) is 24.0 Å². The van der Waals surface area contributed by atoms with Crippen LogP contribution in [-0.2, 0) is 4.74 Å². The van der Waals surface area contributed by atoms with Gasteiger partial charge in [-0.05, 0) is 64.9 Å². The first-order chi connectivity index (χ1) is 14.0. The van der Waals surface area contributed by atoms with Gasteiger partial charge in [-0.25, -0.2) is 4.39 Å². The summed E-state index contributed by atoms with van der Waals surface area (Å²) in [5.41, 5.74) is 1.04. The zero-order chi connectivity index (χ0) is 20.7. The van der Waals surface area contributed by atoms with Crippen molar-refractivity contribution in [1.82, 2.24) is 15.5 Å². The fourth-order valence-electron chi connectivity index (χ4n) is 4.19. The highest BCUT2D eigenvalue weighted by atomic mass is 127. The maximum absolute atomic E-state index is 13.5. The molecule has 0 bridgehead atoms. The van der Waals surface area contributed by atoms with Crippen molar-refractivity contribution < 1.29 is 9.13 Å². The largest absolute Gasteiger partial charge is 0.381 e. The van der Waals surface area contributed by atoms with E-state index in [1.54, 1.807) is 12.1 Å². The summed E-state index contributed by atoms with van der Waals surface area (Å²) >= 11 is 0. The van der Waals surface area contributed by atoms with Gasteiger partial charge in [0.1, 0.15) is 5.82 Å². The molecule has 2 heterocycles.